The van der Waals surface area contributed by atoms with Gasteiger partial charge in [0.05, 0.1) is 17.4 Å². The highest BCUT2D eigenvalue weighted by Gasteiger charge is 2.05. The molecule has 1 aromatic rings. The molecule has 0 amide bonds. The second kappa shape index (κ2) is 8.37. The molecule has 1 rings (SSSR count). The summed E-state index contributed by atoms with van der Waals surface area (Å²) < 4.78 is 0. The van der Waals surface area contributed by atoms with Crippen molar-refractivity contribution in [1.82, 2.24) is 5.32 Å². The Labute approximate surface area is 110 Å². The van der Waals surface area contributed by atoms with Crippen molar-refractivity contribution >= 4 is 17.3 Å². The molecule has 17 heavy (non-hydrogen) atoms. The molecule has 0 saturated heterocycles. The second-order valence-corrected chi connectivity index (χ2v) is 4.72. The van der Waals surface area contributed by atoms with Gasteiger partial charge in [0.2, 0.25) is 0 Å². The lowest BCUT2D eigenvalue weighted by Crippen LogP contribution is -2.33. The average molecular weight is 255 g/mol. The van der Waals surface area contributed by atoms with Gasteiger partial charge in [-0.05, 0) is 25.0 Å². The first-order chi connectivity index (χ1) is 8.27. The molecular weight excluding hydrogens is 232 g/mol. The topological polar surface area (TPSA) is 24.1 Å². The van der Waals surface area contributed by atoms with E-state index in [0.717, 1.165) is 17.4 Å². The van der Waals surface area contributed by atoms with Crippen LogP contribution in [-0.2, 0) is 0 Å². The molecule has 0 radical (unpaired) electrons. The van der Waals surface area contributed by atoms with E-state index in [2.05, 4.69) is 24.5 Å². The molecule has 0 atom stereocenters. The van der Waals surface area contributed by atoms with E-state index in [1.54, 1.807) is 0 Å². The van der Waals surface area contributed by atoms with E-state index in [1.165, 1.54) is 25.7 Å². The molecule has 0 saturated carbocycles. The minimum atomic E-state index is 0.611. The molecule has 96 valence electrons. The van der Waals surface area contributed by atoms with Crippen LogP contribution in [0.5, 0.6) is 0 Å². The summed E-state index contributed by atoms with van der Waals surface area (Å²) in [6, 6.07) is 8.44. The molecule has 3 heteroatoms. The van der Waals surface area contributed by atoms with Crippen molar-refractivity contribution in [3.8, 4) is 0 Å². The summed E-state index contributed by atoms with van der Waals surface area (Å²) in [5.74, 6) is 0. The third-order valence-electron chi connectivity index (χ3n) is 2.82. The summed E-state index contributed by atoms with van der Waals surface area (Å²) in [5.41, 5.74) is 0.994. The number of anilines is 1. The molecule has 0 unspecified atom stereocenters. The zero-order chi connectivity index (χ0) is 12.5. The van der Waals surface area contributed by atoms with Crippen LogP contribution in [0.4, 0.5) is 5.69 Å². The first-order valence-electron chi connectivity index (χ1n) is 6.49. The zero-order valence-electron chi connectivity index (χ0n) is 10.8. The Kier molecular flexibility index (Phi) is 7.06. The summed E-state index contributed by atoms with van der Waals surface area (Å²) in [5, 5.41) is 7.62. The van der Waals surface area contributed by atoms with Gasteiger partial charge in [-0.25, -0.2) is 0 Å². The van der Waals surface area contributed by atoms with E-state index in [4.69, 9.17) is 11.6 Å². The van der Waals surface area contributed by atoms with Crippen LogP contribution in [0.3, 0.4) is 0 Å². The van der Waals surface area contributed by atoms with Crippen molar-refractivity contribution in [2.75, 3.05) is 12.0 Å². The van der Waals surface area contributed by atoms with Crippen molar-refractivity contribution in [1.29, 1.82) is 0 Å². The molecule has 0 bridgehead atoms. The van der Waals surface area contributed by atoms with E-state index in [0.29, 0.717) is 6.04 Å². The number of halogens is 1. The highest BCUT2D eigenvalue weighted by Crippen LogP contribution is 2.19. The van der Waals surface area contributed by atoms with Crippen LogP contribution in [0.25, 0.3) is 0 Å². The molecule has 0 spiro atoms. The minimum absolute atomic E-state index is 0.611. The Bertz CT molecular complexity index is 309. The van der Waals surface area contributed by atoms with Crippen LogP contribution in [0.1, 0.15) is 39.5 Å². The third kappa shape index (κ3) is 5.42. The normalized spacial score (nSPS) is 10.8. The minimum Gasteiger partial charge on any atom is -0.371 e. The molecule has 0 aliphatic heterocycles. The standard InChI is InChI=1S/C14H23ClN2/c1-3-7-12(8-4-2)16-11-17-14-10-6-5-9-13(14)15/h5-6,9-10,12,16-17H,3-4,7-8,11H2,1-2H3. The number of rotatable bonds is 8. The molecule has 0 fully saturated rings. The molecule has 0 heterocycles. The van der Waals surface area contributed by atoms with Crippen LogP contribution in [0, 0.1) is 0 Å². The van der Waals surface area contributed by atoms with Gasteiger partial charge in [0.25, 0.3) is 0 Å². The van der Waals surface area contributed by atoms with Gasteiger partial charge in [-0.3, -0.25) is 5.32 Å². The third-order valence-corrected chi connectivity index (χ3v) is 3.15. The summed E-state index contributed by atoms with van der Waals surface area (Å²) in [6.07, 6.45) is 4.92. The van der Waals surface area contributed by atoms with Crippen molar-refractivity contribution in [3.63, 3.8) is 0 Å². The molecule has 0 aliphatic carbocycles. The Morgan fingerprint density at radius 2 is 1.76 bits per heavy atom. The maximum Gasteiger partial charge on any atom is 0.0655 e. The van der Waals surface area contributed by atoms with E-state index in [1.807, 2.05) is 24.3 Å². The number of hydrogen-bond acceptors (Lipinski definition) is 2. The van der Waals surface area contributed by atoms with Crippen molar-refractivity contribution in [2.45, 2.75) is 45.6 Å². The maximum atomic E-state index is 6.07. The van der Waals surface area contributed by atoms with Gasteiger partial charge in [0.15, 0.2) is 0 Å². The summed E-state index contributed by atoms with van der Waals surface area (Å²) >= 11 is 6.07. The first-order valence-corrected chi connectivity index (χ1v) is 6.87. The van der Waals surface area contributed by atoms with Gasteiger partial charge in [0, 0.05) is 6.04 Å². The molecule has 1 aromatic carbocycles. The molecular formula is C14H23ClN2. The largest absolute Gasteiger partial charge is 0.371 e. The molecule has 2 N–H and O–H groups in total. The predicted octanol–water partition coefficient (Wildman–Crippen LogP) is 4.27. The van der Waals surface area contributed by atoms with Crippen molar-refractivity contribution in [3.05, 3.63) is 29.3 Å². The number of hydrogen-bond donors (Lipinski definition) is 2. The summed E-state index contributed by atoms with van der Waals surface area (Å²) in [6.45, 7) is 5.23. The predicted molar refractivity (Wildman–Crippen MR) is 76.7 cm³/mol. The van der Waals surface area contributed by atoms with Gasteiger partial charge < -0.3 is 5.32 Å². The summed E-state index contributed by atoms with van der Waals surface area (Å²) in [4.78, 5) is 0. The Morgan fingerprint density at radius 1 is 1.12 bits per heavy atom. The van der Waals surface area contributed by atoms with E-state index in [-0.39, 0.29) is 0 Å². The van der Waals surface area contributed by atoms with Gasteiger partial charge >= 0.3 is 0 Å². The Balaban J connectivity index is 2.33. The van der Waals surface area contributed by atoms with Crippen molar-refractivity contribution < 1.29 is 0 Å². The number of benzene rings is 1. The lowest BCUT2D eigenvalue weighted by atomic mass is 10.1. The molecule has 0 aromatic heterocycles. The summed E-state index contributed by atoms with van der Waals surface area (Å²) in [7, 11) is 0. The maximum absolute atomic E-state index is 6.07. The Hall–Kier alpha value is -0.730. The van der Waals surface area contributed by atoms with Gasteiger partial charge in [-0.2, -0.15) is 0 Å². The lowest BCUT2D eigenvalue weighted by Gasteiger charge is -2.18. The quantitative estimate of drug-likeness (QED) is 0.677. The van der Waals surface area contributed by atoms with Crippen LogP contribution >= 0.6 is 11.6 Å². The fourth-order valence-electron chi connectivity index (χ4n) is 1.94. The first kappa shape index (κ1) is 14.3. The highest BCUT2D eigenvalue weighted by atomic mass is 35.5. The SMILES string of the molecule is CCCC(CCC)NCNc1ccccc1Cl. The van der Waals surface area contributed by atoms with Crippen LogP contribution in [0.15, 0.2) is 24.3 Å². The fraction of sp³-hybridized carbons (Fsp3) is 0.571. The average Bonchev–Trinajstić information content (AvgIpc) is 2.32. The van der Waals surface area contributed by atoms with Crippen LogP contribution in [0.2, 0.25) is 5.02 Å². The smallest absolute Gasteiger partial charge is 0.0655 e. The van der Waals surface area contributed by atoms with Crippen LogP contribution in [-0.4, -0.2) is 12.7 Å². The molecule has 2 nitrogen and oxygen atoms in total. The highest BCUT2D eigenvalue weighted by molar-refractivity contribution is 6.33. The number of nitrogens with one attached hydrogen (secondary N) is 2. The van der Waals surface area contributed by atoms with E-state index >= 15 is 0 Å². The van der Waals surface area contributed by atoms with Crippen LogP contribution < -0.4 is 10.6 Å². The van der Waals surface area contributed by atoms with Gasteiger partial charge in [-0.1, -0.05) is 50.4 Å². The lowest BCUT2D eigenvalue weighted by molar-refractivity contribution is 0.457. The van der Waals surface area contributed by atoms with Crippen molar-refractivity contribution in [2.24, 2.45) is 0 Å². The van der Waals surface area contributed by atoms with E-state index in [9.17, 15) is 0 Å². The number of para-hydroxylation sites is 1. The second-order valence-electron chi connectivity index (χ2n) is 4.31. The molecule has 0 aliphatic rings. The fourth-order valence-corrected chi connectivity index (χ4v) is 2.14. The zero-order valence-corrected chi connectivity index (χ0v) is 11.6. The monoisotopic (exact) mass is 254 g/mol. The van der Waals surface area contributed by atoms with Gasteiger partial charge in [-0.15, -0.1) is 0 Å². The van der Waals surface area contributed by atoms with Gasteiger partial charge in [0.1, 0.15) is 0 Å². The van der Waals surface area contributed by atoms with E-state index < -0.39 is 0 Å². The Morgan fingerprint density at radius 3 is 2.35 bits per heavy atom.